The van der Waals surface area contributed by atoms with Gasteiger partial charge in [-0.15, -0.1) is 0 Å². The third-order valence-electron chi connectivity index (χ3n) is 5.74. The SMILES string of the molecule is CN(C)CC1COCCN(C2CCN(C(=O)C3CCC3)CC2)C1. The zero-order chi connectivity index (χ0) is 16.2. The number of carbonyl (C=O) groups excluding carboxylic acids is 1. The molecular weight excluding hydrogens is 290 g/mol. The third-order valence-corrected chi connectivity index (χ3v) is 5.74. The van der Waals surface area contributed by atoms with Gasteiger partial charge in [0, 0.05) is 50.6 Å². The van der Waals surface area contributed by atoms with Crippen molar-refractivity contribution < 1.29 is 9.53 Å². The molecule has 0 spiro atoms. The summed E-state index contributed by atoms with van der Waals surface area (Å²) in [5, 5.41) is 0. The summed E-state index contributed by atoms with van der Waals surface area (Å²) in [5.74, 6) is 1.38. The number of hydrogen-bond donors (Lipinski definition) is 0. The van der Waals surface area contributed by atoms with Crippen molar-refractivity contribution in [1.29, 1.82) is 0 Å². The first-order chi connectivity index (χ1) is 11.1. The fraction of sp³-hybridized carbons (Fsp3) is 0.944. The van der Waals surface area contributed by atoms with Gasteiger partial charge in [0.15, 0.2) is 0 Å². The molecule has 5 heteroatoms. The summed E-state index contributed by atoms with van der Waals surface area (Å²) in [7, 11) is 4.28. The predicted molar refractivity (Wildman–Crippen MR) is 91.4 cm³/mol. The topological polar surface area (TPSA) is 36.0 Å². The Hall–Kier alpha value is -0.650. The molecule has 1 amide bonds. The maximum atomic E-state index is 12.4. The van der Waals surface area contributed by atoms with E-state index in [9.17, 15) is 4.79 Å². The molecule has 2 saturated heterocycles. The van der Waals surface area contributed by atoms with Crippen molar-refractivity contribution in [2.45, 2.75) is 38.1 Å². The molecule has 0 aromatic rings. The molecule has 0 radical (unpaired) electrons. The number of piperidine rings is 1. The van der Waals surface area contributed by atoms with Crippen LogP contribution in [-0.2, 0) is 9.53 Å². The lowest BCUT2D eigenvalue weighted by Gasteiger charge is -2.41. The molecule has 1 saturated carbocycles. The van der Waals surface area contributed by atoms with Gasteiger partial charge in [0.05, 0.1) is 13.2 Å². The number of ether oxygens (including phenoxy) is 1. The Balaban J connectivity index is 1.48. The summed E-state index contributed by atoms with van der Waals surface area (Å²) in [6.07, 6.45) is 5.75. The highest BCUT2D eigenvalue weighted by Crippen LogP contribution is 2.30. The molecule has 132 valence electrons. The van der Waals surface area contributed by atoms with Crippen LogP contribution >= 0.6 is 0 Å². The molecule has 0 bridgehead atoms. The summed E-state index contributed by atoms with van der Waals surface area (Å²) in [4.78, 5) is 19.4. The first-order valence-corrected chi connectivity index (χ1v) is 9.39. The Kier molecular flexibility index (Phi) is 5.94. The van der Waals surface area contributed by atoms with Crippen molar-refractivity contribution in [2.75, 3.05) is 60.0 Å². The van der Waals surface area contributed by atoms with Crippen LogP contribution in [0, 0.1) is 11.8 Å². The maximum Gasteiger partial charge on any atom is 0.225 e. The van der Waals surface area contributed by atoms with Gasteiger partial charge in [-0.3, -0.25) is 9.69 Å². The van der Waals surface area contributed by atoms with Gasteiger partial charge in [-0.05, 0) is 39.8 Å². The second kappa shape index (κ2) is 7.95. The van der Waals surface area contributed by atoms with Crippen LogP contribution in [0.3, 0.4) is 0 Å². The summed E-state index contributed by atoms with van der Waals surface area (Å²) >= 11 is 0. The number of likely N-dealkylation sites (tertiary alicyclic amines) is 1. The van der Waals surface area contributed by atoms with Crippen molar-refractivity contribution in [3.8, 4) is 0 Å². The van der Waals surface area contributed by atoms with Crippen LogP contribution in [0.4, 0.5) is 0 Å². The number of amides is 1. The van der Waals surface area contributed by atoms with Crippen LogP contribution in [0.2, 0.25) is 0 Å². The van der Waals surface area contributed by atoms with E-state index in [1.165, 1.54) is 6.42 Å². The Labute approximate surface area is 140 Å². The average Bonchev–Trinajstić information content (AvgIpc) is 2.70. The van der Waals surface area contributed by atoms with Gasteiger partial charge >= 0.3 is 0 Å². The van der Waals surface area contributed by atoms with E-state index < -0.39 is 0 Å². The largest absolute Gasteiger partial charge is 0.380 e. The molecule has 2 heterocycles. The quantitative estimate of drug-likeness (QED) is 0.781. The average molecular weight is 323 g/mol. The molecule has 0 aromatic heterocycles. The van der Waals surface area contributed by atoms with Crippen LogP contribution in [0.5, 0.6) is 0 Å². The fourth-order valence-corrected chi connectivity index (χ4v) is 4.23. The Morgan fingerprint density at radius 1 is 1.13 bits per heavy atom. The molecule has 1 aliphatic carbocycles. The number of rotatable bonds is 4. The summed E-state index contributed by atoms with van der Waals surface area (Å²) in [6.45, 7) is 6.92. The Morgan fingerprint density at radius 3 is 2.48 bits per heavy atom. The van der Waals surface area contributed by atoms with Crippen molar-refractivity contribution >= 4 is 5.91 Å². The molecule has 23 heavy (non-hydrogen) atoms. The van der Waals surface area contributed by atoms with E-state index in [1.54, 1.807) is 0 Å². The van der Waals surface area contributed by atoms with Crippen LogP contribution < -0.4 is 0 Å². The lowest BCUT2D eigenvalue weighted by atomic mass is 9.84. The molecule has 5 nitrogen and oxygen atoms in total. The van der Waals surface area contributed by atoms with Crippen molar-refractivity contribution in [2.24, 2.45) is 11.8 Å². The van der Waals surface area contributed by atoms with Gasteiger partial charge in [-0.2, -0.15) is 0 Å². The van der Waals surface area contributed by atoms with Crippen molar-refractivity contribution in [3.63, 3.8) is 0 Å². The van der Waals surface area contributed by atoms with Gasteiger partial charge in [0.2, 0.25) is 5.91 Å². The molecule has 3 fully saturated rings. The number of nitrogens with zero attached hydrogens (tertiary/aromatic N) is 3. The van der Waals surface area contributed by atoms with Gasteiger partial charge in [-0.25, -0.2) is 0 Å². The number of carbonyl (C=O) groups is 1. The minimum atomic E-state index is 0.350. The van der Waals surface area contributed by atoms with Crippen molar-refractivity contribution in [1.82, 2.24) is 14.7 Å². The van der Waals surface area contributed by atoms with E-state index >= 15 is 0 Å². The van der Waals surface area contributed by atoms with E-state index in [0.717, 1.165) is 71.6 Å². The van der Waals surface area contributed by atoms with Crippen LogP contribution in [0.15, 0.2) is 0 Å². The molecule has 3 aliphatic rings. The first kappa shape index (κ1) is 17.2. The molecule has 1 atom stereocenters. The second-order valence-electron chi connectivity index (χ2n) is 7.88. The highest BCUT2D eigenvalue weighted by molar-refractivity contribution is 5.79. The minimum Gasteiger partial charge on any atom is -0.380 e. The highest BCUT2D eigenvalue weighted by Gasteiger charge is 2.33. The number of hydrogen-bond acceptors (Lipinski definition) is 4. The molecule has 2 aliphatic heterocycles. The van der Waals surface area contributed by atoms with E-state index in [-0.39, 0.29) is 0 Å². The van der Waals surface area contributed by atoms with Gasteiger partial charge < -0.3 is 14.5 Å². The van der Waals surface area contributed by atoms with Crippen LogP contribution in [0.25, 0.3) is 0 Å². The maximum absolute atomic E-state index is 12.4. The van der Waals surface area contributed by atoms with E-state index in [2.05, 4.69) is 28.8 Å². The Bertz CT molecular complexity index is 390. The summed E-state index contributed by atoms with van der Waals surface area (Å²) < 4.78 is 5.81. The van der Waals surface area contributed by atoms with Crippen LogP contribution in [-0.4, -0.2) is 86.7 Å². The zero-order valence-electron chi connectivity index (χ0n) is 14.9. The molecule has 0 N–H and O–H groups in total. The lowest BCUT2D eigenvalue weighted by molar-refractivity contribution is -0.139. The minimum absolute atomic E-state index is 0.350. The lowest BCUT2D eigenvalue weighted by Crippen LogP contribution is -2.50. The normalized spacial score (nSPS) is 28.7. The summed E-state index contributed by atoms with van der Waals surface area (Å²) in [5.41, 5.74) is 0. The fourth-order valence-electron chi connectivity index (χ4n) is 4.23. The second-order valence-corrected chi connectivity index (χ2v) is 7.88. The Morgan fingerprint density at radius 2 is 1.87 bits per heavy atom. The first-order valence-electron chi connectivity index (χ1n) is 9.39. The van der Waals surface area contributed by atoms with Gasteiger partial charge in [0.1, 0.15) is 0 Å². The van der Waals surface area contributed by atoms with E-state index in [0.29, 0.717) is 23.8 Å². The standard InChI is InChI=1S/C18H33N3O2/c1-19(2)12-15-13-21(10-11-23-14-15)17-6-8-20(9-7-17)18(22)16-4-3-5-16/h15-17H,3-14H2,1-2H3. The molecule has 1 unspecified atom stereocenters. The van der Waals surface area contributed by atoms with E-state index in [4.69, 9.17) is 4.74 Å². The van der Waals surface area contributed by atoms with Crippen LogP contribution in [0.1, 0.15) is 32.1 Å². The zero-order valence-corrected chi connectivity index (χ0v) is 14.9. The highest BCUT2D eigenvalue weighted by atomic mass is 16.5. The monoisotopic (exact) mass is 323 g/mol. The van der Waals surface area contributed by atoms with E-state index in [1.807, 2.05) is 0 Å². The molecule has 0 aromatic carbocycles. The summed E-state index contributed by atoms with van der Waals surface area (Å²) in [6, 6.07) is 0.631. The van der Waals surface area contributed by atoms with Crippen molar-refractivity contribution in [3.05, 3.63) is 0 Å². The molecular formula is C18H33N3O2. The van der Waals surface area contributed by atoms with Gasteiger partial charge in [0.25, 0.3) is 0 Å². The van der Waals surface area contributed by atoms with Gasteiger partial charge in [-0.1, -0.05) is 6.42 Å². The predicted octanol–water partition coefficient (Wildman–Crippen LogP) is 1.29. The third kappa shape index (κ3) is 4.46. The molecule has 3 rings (SSSR count). The smallest absolute Gasteiger partial charge is 0.225 e.